The summed E-state index contributed by atoms with van der Waals surface area (Å²) in [5.74, 6) is 0.583. The van der Waals surface area contributed by atoms with E-state index >= 15 is 0 Å². The second-order valence-electron chi connectivity index (χ2n) is 7.37. The summed E-state index contributed by atoms with van der Waals surface area (Å²) < 4.78 is 3.70. The van der Waals surface area contributed by atoms with Gasteiger partial charge in [0.2, 0.25) is 5.91 Å². The number of carbonyl (C=O) groups excluding carboxylic acids is 1. The molecule has 6 heteroatoms. The van der Waals surface area contributed by atoms with E-state index in [0.717, 1.165) is 25.9 Å². The van der Waals surface area contributed by atoms with Gasteiger partial charge in [0.05, 0.1) is 17.8 Å². The van der Waals surface area contributed by atoms with Crippen molar-refractivity contribution in [2.45, 2.75) is 32.6 Å². The predicted molar refractivity (Wildman–Crippen MR) is 116 cm³/mol. The van der Waals surface area contributed by atoms with Gasteiger partial charge in [0.25, 0.3) is 0 Å². The Bertz CT molecular complexity index is 956. The van der Waals surface area contributed by atoms with E-state index in [9.17, 15) is 4.79 Å². The molecule has 4 nitrogen and oxygen atoms in total. The topological polar surface area (TPSA) is 46.9 Å². The molecular weight excluding hydrogens is 470 g/mol. The molecule has 1 aromatic heterocycles. The molecule has 1 N–H and O–H groups in total. The molecule has 0 bridgehead atoms. The molecule has 0 aliphatic rings. The Kier molecular flexibility index (Phi) is 5.86. The van der Waals surface area contributed by atoms with Crippen molar-refractivity contribution in [2.24, 2.45) is 0 Å². The Morgan fingerprint density at radius 1 is 1.07 bits per heavy atom. The van der Waals surface area contributed by atoms with Crippen LogP contribution in [0.5, 0.6) is 0 Å². The molecule has 0 aliphatic carbocycles. The first kappa shape index (κ1) is 19.8. The maximum absolute atomic E-state index is 12.7. The highest BCUT2D eigenvalue weighted by atomic mass is 79.9. The molecule has 3 aromatic rings. The average molecular weight is 491 g/mol. The Labute approximate surface area is 176 Å². The van der Waals surface area contributed by atoms with Crippen LogP contribution in [0.2, 0.25) is 0 Å². The van der Waals surface area contributed by atoms with Gasteiger partial charge in [-0.15, -0.1) is 0 Å². The summed E-state index contributed by atoms with van der Waals surface area (Å²) >= 11 is 6.95. The highest BCUT2D eigenvalue weighted by Gasteiger charge is 2.21. The van der Waals surface area contributed by atoms with Crippen molar-refractivity contribution < 1.29 is 4.79 Å². The van der Waals surface area contributed by atoms with Crippen LogP contribution < -0.4 is 5.32 Å². The van der Waals surface area contributed by atoms with Crippen molar-refractivity contribution in [1.29, 1.82) is 0 Å². The third-order valence-corrected chi connectivity index (χ3v) is 5.43. The molecule has 1 heterocycles. The summed E-state index contributed by atoms with van der Waals surface area (Å²) in [6.07, 6.45) is 0.289. The number of nitrogens with one attached hydrogen (secondary N) is 1. The fourth-order valence-electron chi connectivity index (χ4n) is 2.62. The quantitative estimate of drug-likeness (QED) is 0.496. The van der Waals surface area contributed by atoms with Gasteiger partial charge in [0.15, 0.2) is 0 Å². The van der Waals surface area contributed by atoms with Crippen LogP contribution in [0.25, 0.3) is 5.69 Å². The van der Waals surface area contributed by atoms with Crippen LogP contribution in [0.3, 0.4) is 0 Å². The van der Waals surface area contributed by atoms with Gasteiger partial charge in [-0.3, -0.25) is 4.79 Å². The van der Waals surface area contributed by atoms with Crippen molar-refractivity contribution in [3.63, 3.8) is 0 Å². The zero-order chi connectivity index (χ0) is 19.6. The van der Waals surface area contributed by atoms with E-state index in [1.54, 1.807) is 4.68 Å². The van der Waals surface area contributed by atoms with Crippen LogP contribution in [0.1, 0.15) is 32.0 Å². The van der Waals surface area contributed by atoms with E-state index in [1.165, 1.54) is 0 Å². The molecule has 0 saturated carbocycles. The van der Waals surface area contributed by atoms with Crippen LogP contribution in [0, 0.1) is 0 Å². The van der Waals surface area contributed by atoms with Crippen molar-refractivity contribution in [1.82, 2.24) is 9.78 Å². The number of hydrogen-bond acceptors (Lipinski definition) is 2. The Balaban J connectivity index is 1.91. The minimum Gasteiger partial charge on any atom is -0.310 e. The number of aromatic nitrogens is 2. The van der Waals surface area contributed by atoms with Gasteiger partial charge in [-0.2, -0.15) is 5.10 Å². The minimum absolute atomic E-state index is 0.0828. The third-order valence-electron chi connectivity index (χ3n) is 4.13. The Morgan fingerprint density at radius 3 is 2.37 bits per heavy atom. The largest absolute Gasteiger partial charge is 0.310 e. The first-order valence-corrected chi connectivity index (χ1v) is 10.2. The van der Waals surface area contributed by atoms with Crippen molar-refractivity contribution in [3.8, 4) is 5.69 Å². The maximum atomic E-state index is 12.7. The molecule has 0 atom stereocenters. The van der Waals surface area contributed by atoms with Crippen molar-refractivity contribution in [3.05, 3.63) is 74.8 Å². The lowest BCUT2D eigenvalue weighted by Crippen LogP contribution is -2.17. The lowest BCUT2D eigenvalue weighted by atomic mass is 9.92. The average Bonchev–Trinajstić information content (AvgIpc) is 3.02. The number of anilines is 1. The standard InChI is InChI=1S/C21H21Br2N3O/c1-21(2,3)18-13-19(26(25-18)16-10-8-15(22)9-11-16)24-20(27)12-14-6-4-5-7-17(14)23/h4-11,13H,12H2,1-3H3,(H,24,27). The Morgan fingerprint density at radius 2 is 1.74 bits per heavy atom. The molecule has 27 heavy (non-hydrogen) atoms. The molecule has 0 saturated heterocycles. The van der Waals surface area contributed by atoms with E-state index in [1.807, 2.05) is 54.6 Å². The van der Waals surface area contributed by atoms with E-state index in [0.29, 0.717) is 5.82 Å². The summed E-state index contributed by atoms with van der Waals surface area (Å²) in [6.45, 7) is 6.32. The Hall–Kier alpha value is -1.92. The summed E-state index contributed by atoms with van der Waals surface area (Å²) in [4.78, 5) is 12.7. The number of nitrogens with zero attached hydrogens (tertiary/aromatic N) is 2. The van der Waals surface area contributed by atoms with Gasteiger partial charge in [-0.25, -0.2) is 4.68 Å². The van der Waals surface area contributed by atoms with Gasteiger partial charge in [-0.05, 0) is 35.9 Å². The third kappa shape index (κ3) is 4.87. The minimum atomic E-state index is -0.122. The fraction of sp³-hybridized carbons (Fsp3) is 0.238. The second kappa shape index (κ2) is 7.98. The number of hydrogen-bond donors (Lipinski definition) is 1. The van der Waals surface area contributed by atoms with Crippen molar-refractivity contribution >= 4 is 43.6 Å². The summed E-state index contributed by atoms with van der Waals surface area (Å²) in [5, 5.41) is 7.76. The lowest BCUT2D eigenvalue weighted by Gasteiger charge is -2.14. The molecule has 3 rings (SSSR count). The molecular formula is C21H21Br2N3O. The van der Waals surface area contributed by atoms with E-state index in [-0.39, 0.29) is 17.7 Å². The summed E-state index contributed by atoms with van der Waals surface area (Å²) in [6, 6.07) is 17.5. The van der Waals surface area contributed by atoms with E-state index < -0.39 is 0 Å². The van der Waals surface area contributed by atoms with Crippen molar-refractivity contribution in [2.75, 3.05) is 5.32 Å². The molecule has 0 radical (unpaired) electrons. The number of amides is 1. The smallest absolute Gasteiger partial charge is 0.229 e. The zero-order valence-corrected chi connectivity index (χ0v) is 18.6. The van der Waals surface area contributed by atoms with Crippen LogP contribution in [0.15, 0.2) is 63.5 Å². The second-order valence-corrected chi connectivity index (χ2v) is 9.14. The molecule has 1 amide bonds. The molecule has 2 aromatic carbocycles. The molecule has 140 valence electrons. The SMILES string of the molecule is CC(C)(C)c1cc(NC(=O)Cc2ccccc2Br)n(-c2ccc(Br)cc2)n1. The fourth-order valence-corrected chi connectivity index (χ4v) is 3.31. The first-order valence-electron chi connectivity index (χ1n) is 8.64. The van der Waals surface area contributed by atoms with Crippen LogP contribution in [-0.4, -0.2) is 15.7 Å². The number of rotatable bonds is 4. The number of halogens is 2. The maximum Gasteiger partial charge on any atom is 0.229 e. The van der Waals surface area contributed by atoms with E-state index in [2.05, 4.69) is 57.9 Å². The molecule has 0 unspecified atom stereocenters. The first-order chi connectivity index (χ1) is 12.7. The summed E-state index contributed by atoms with van der Waals surface area (Å²) in [7, 11) is 0. The monoisotopic (exact) mass is 489 g/mol. The van der Waals surface area contributed by atoms with Gasteiger partial charge >= 0.3 is 0 Å². The highest BCUT2D eigenvalue weighted by molar-refractivity contribution is 9.10. The zero-order valence-electron chi connectivity index (χ0n) is 15.5. The number of benzene rings is 2. The number of carbonyl (C=O) groups is 1. The highest BCUT2D eigenvalue weighted by Crippen LogP contribution is 2.27. The van der Waals surface area contributed by atoms with Gasteiger partial charge < -0.3 is 5.32 Å². The van der Waals surface area contributed by atoms with Crippen LogP contribution in [-0.2, 0) is 16.6 Å². The summed E-state index contributed by atoms with van der Waals surface area (Å²) in [5.41, 5.74) is 2.63. The van der Waals surface area contributed by atoms with Gasteiger partial charge in [0, 0.05) is 20.4 Å². The predicted octanol–water partition coefficient (Wildman–Crippen LogP) is 5.88. The van der Waals surface area contributed by atoms with Gasteiger partial charge in [0.1, 0.15) is 5.82 Å². The molecule has 0 fully saturated rings. The van der Waals surface area contributed by atoms with Crippen LogP contribution in [0.4, 0.5) is 5.82 Å². The normalized spacial score (nSPS) is 11.4. The van der Waals surface area contributed by atoms with Crippen LogP contribution >= 0.6 is 31.9 Å². The van der Waals surface area contributed by atoms with E-state index in [4.69, 9.17) is 5.10 Å². The van der Waals surface area contributed by atoms with Gasteiger partial charge in [-0.1, -0.05) is 70.8 Å². The lowest BCUT2D eigenvalue weighted by molar-refractivity contribution is -0.115. The molecule has 0 aliphatic heterocycles. The molecule has 0 spiro atoms.